The average molecular weight is 359 g/mol. The third-order valence-electron chi connectivity index (χ3n) is 4.56. The van der Waals surface area contributed by atoms with Gasteiger partial charge in [0.05, 0.1) is 6.20 Å². The Kier molecular flexibility index (Phi) is 6.20. The molecule has 0 saturated carbocycles. The van der Waals surface area contributed by atoms with Crippen LogP contribution in [-0.4, -0.2) is 54.0 Å². The molecule has 1 aliphatic rings. The topological polar surface area (TPSA) is 59.7 Å². The fraction of sp³-hybridized carbons (Fsp3) is 0.556. The summed E-state index contributed by atoms with van der Waals surface area (Å²) in [7, 11) is 0. The van der Waals surface area contributed by atoms with Crippen molar-refractivity contribution in [1.82, 2.24) is 29.6 Å². The average Bonchev–Trinajstić information content (AvgIpc) is 3.04. The molecular weight excluding hydrogens is 332 g/mol. The van der Waals surface area contributed by atoms with E-state index in [1.165, 1.54) is 25.8 Å². The first-order chi connectivity index (χ1) is 12.2. The first kappa shape index (κ1) is 18.1. The van der Waals surface area contributed by atoms with Gasteiger partial charge in [0.2, 0.25) is 0 Å². The van der Waals surface area contributed by atoms with Crippen molar-refractivity contribution in [2.45, 2.75) is 56.9 Å². The number of aromatic nitrogens is 5. The monoisotopic (exact) mass is 358 g/mol. The van der Waals surface area contributed by atoms with Gasteiger partial charge in [-0.3, -0.25) is 14.5 Å². The van der Waals surface area contributed by atoms with Crippen molar-refractivity contribution in [3.8, 4) is 11.5 Å². The summed E-state index contributed by atoms with van der Waals surface area (Å²) in [4.78, 5) is 11.1. The minimum absolute atomic E-state index is 0.590. The van der Waals surface area contributed by atoms with Gasteiger partial charge in [0.25, 0.3) is 0 Å². The quantitative estimate of drug-likeness (QED) is 0.559. The van der Waals surface area contributed by atoms with Crippen LogP contribution in [-0.2, 0) is 6.54 Å². The lowest BCUT2D eigenvalue weighted by Gasteiger charge is -2.38. The Labute approximate surface area is 153 Å². The molecule has 0 aliphatic carbocycles. The van der Waals surface area contributed by atoms with Crippen LogP contribution < -0.4 is 0 Å². The normalized spacial score (nSPS) is 18.6. The second-order valence-corrected chi connectivity index (χ2v) is 7.58. The highest BCUT2D eigenvalue weighted by molar-refractivity contribution is 7.99. The maximum absolute atomic E-state index is 4.41. The molecule has 6 nitrogen and oxygen atoms in total. The number of hydrogen-bond donors (Lipinski definition) is 0. The van der Waals surface area contributed by atoms with E-state index in [9.17, 15) is 0 Å². The van der Waals surface area contributed by atoms with E-state index in [2.05, 4.69) is 50.1 Å². The SMILES string of the molecule is C=CCn1c(SCC2CCCCN2C(C)C)nnc1-c1cnccn1. The first-order valence-electron chi connectivity index (χ1n) is 8.89. The highest BCUT2D eigenvalue weighted by Gasteiger charge is 2.25. The lowest BCUT2D eigenvalue weighted by molar-refractivity contribution is 0.126. The molecule has 0 spiro atoms. The second kappa shape index (κ2) is 8.58. The zero-order valence-corrected chi connectivity index (χ0v) is 15.8. The summed E-state index contributed by atoms with van der Waals surface area (Å²) < 4.78 is 2.07. The van der Waals surface area contributed by atoms with Gasteiger partial charge in [-0.2, -0.15) is 0 Å². The maximum Gasteiger partial charge on any atom is 0.191 e. The molecule has 1 fully saturated rings. The Hall–Kier alpha value is -1.73. The smallest absolute Gasteiger partial charge is 0.191 e. The minimum atomic E-state index is 0.590. The highest BCUT2D eigenvalue weighted by atomic mass is 32.2. The van der Waals surface area contributed by atoms with E-state index in [0.29, 0.717) is 18.6 Å². The lowest BCUT2D eigenvalue weighted by Crippen LogP contribution is -2.45. The molecule has 134 valence electrons. The molecule has 2 aromatic heterocycles. The summed E-state index contributed by atoms with van der Waals surface area (Å²) in [6, 6.07) is 1.19. The number of allylic oxidation sites excluding steroid dienone is 1. The molecule has 0 bridgehead atoms. The van der Waals surface area contributed by atoms with Crippen molar-refractivity contribution in [2.24, 2.45) is 0 Å². The van der Waals surface area contributed by atoms with Crippen LogP contribution in [0.2, 0.25) is 0 Å². The minimum Gasteiger partial charge on any atom is -0.297 e. The van der Waals surface area contributed by atoms with Crippen molar-refractivity contribution < 1.29 is 0 Å². The van der Waals surface area contributed by atoms with Crippen molar-refractivity contribution in [1.29, 1.82) is 0 Å². The van der Waals surface area contributed by atoms with Crippen LogP contribution in [0.1, 0.15) is 33.1 Å². The van der Waals surface area contributed by atoms with Crippen LogP contribution in [0.3, 0.4) is 0 Å². The number of hydrogen-bond acceptors (Lipinski definition) is 6. The molecule has 0 N–H and O–H groups in total. The summed E-state index contributed by atoms with van der Waals surface area (Å²) >= 11 is 1.78. The van der Waals surface area contributed by atoms with Crippen molar-refractivity contribution in [3.05, 3.63) is 31.2 Å². The summed E-state index contributed by atoms with van der Waals surface area (Å²) in [6.45, 7) is 10.3. The Morgan fingerprint density at radius 3 is 2.92 bits per heavy atom. The van der Waals surface area contributed by atoms with E-state index in [1.54, 1.807) is 30.4 Å². The third-order valence-corrected chi connectivity index (χ3v) is 5.67. The molecule has 3 heterocycles. The summed E-state index contributed by atoms with van der Waals surface area (Å²) in [5.41, 5.74) is 0.741. The van der Waals surface area contributed by atoms with Crippen LogP contribution in [0.15, 0.2) is 36.4 Å². The molecular formula is C18H26N6S. The Morgan fingerprint density at radius 1 is 1.32 bits per heavy atom. The number of thioether (sulfide) groups is 1. The van der Waals surface area contributed by atoms with Crippen LogP contribution in [0.5, 0.6) is 0 Å². The fourth-order valence-electron chi connectivity index (χ4n) is 3.35. The molecule has 0 radical (unpaired) electrons. The van der Waals surface area contributed by atoms with Gasteiger partial charge in [0.15, 0.2) is 11.0 Å². The van der Waals surface area contributed by atoms with Gasteiger partial charge in [-0.05, 0) is 33.2 Å². The van der Waals surface area contributed by atoms with Crippen molar-refractivity contribution in [2.75, 3.05) is 12.3 Å². The van der Waals surface area contributed by atoms with E-state index in [0.717, 1.165) is 22.4 Å². The highest BCUT2D eigenvalue weighted by Crippen LogP contribution is 2.27. The van der Waals surface area contributed by atoms with E-state index >= 15 is 0 Å². The molecule has 1 aliphatic heterocycles. The number of rotatable bonds is 7. The zero-order chi connectivity index (χ0) is 17.6. The standard InChI is InChI=1S/C18H26N6S/c1-4-10-24-17(16-12-19-8-9-20-16)21-22-18(24)25-13-15-7-5-6-11-23(15)14(2)3/h4,8-9,12,14-15H,1,5-7,10-11,13H2,2-3H3. The summed E-state index contributed by atoms with van der Waals surface area (Å²) in [6.07, 6.45) is 10.8. The van der Waals surface area contributed by atoms with E-state index in [-0.39, 0.29) is 0 Å². The predicted octanol–water partition coefficient (Wildman–Crippen LogP) is 3.28. The van der Waals surface area contributed by atoms with Crippen LogP contribution in [0.25, 0.3) is 11.5 Å². The first-order valence-corrected chi connectivity index (χ1v) is 9.88. The number of piperidine rings is 1. The molecule has 1 saturated heterocycles. The Morgan fingerprint density at radius 2 is 2.20 bits per heavy atom. The largest absolute Gasteiger partial charge is 0.297 e. The van der Waals surface area contributed by atoms with Crippen molar-refractivity contribution in [3.63, 3.8) is 0 Å². The maximum atomic E-state index is 4.41. The Bertz CT molecular complexity index is 684. The van der Waals surface area contributed by atoms with Gasteiger partial charge in [-0.25, -0.2) is 4.98 Å². The van der Waals surface area contributed by atoms with Gasteiger partial charge in [-0.1, -0.05) is 24.3 Å². The van der Waals surface area contributed by atoms with Gasteiger partial charge in [-0.15, -0.1) is 16.8 Å². The molecule has 7 heteroatoms. The summed E-state index contributed by atoms with van der Waals surface area (Å²) in [5.74, 6) is 1.79. The number of nitrogens with zero attached hydrogens (tertiary/aromatic N) is 6. The lowest BCUT2D eigenvalue weighted by atomic mass is 10.0. The second-order valence-electron chi connectivity index (χ2n) is 6.59. The van der Waals surface area contributed by atoms with Crippen LogP contribution in [0.4, 0.5) is 0 Å². The summed E-state index contributed by atoms with van der Waals surface area (Å²) in [5, 5.41) is 9.68. The molecule has 0 amide bonds. The van der Waals surface area contributed by atoms with E-state index < -0.39 is 0 Å². The van der Waals surface area contributed by atoms with Crippen LogP contribution in [0, 0.1) is 0 Å². The molecule has 25 heavy (non-hydrogen) atoms. The van der Waals surface area contributed by atoms with E-state index in [4.69, 9.17) is 0 Å². The molecule has 1 unspecified atom stereocenters. The van der Waals surface area contributed by atoms with Crippen molar-refractivity contribution >= 4 is 11.8 Å². The fourth-order valence-corrected chi connectivity index (χ4v) is 4.46. The van der Waals surface area contributed by atoms with Gasteiger partial charge in [0, 0.05) is 36.8 Å². The van der Waals surface area contributed by atoms with Gasteiger partial charge in [0.1, 0.15) is 5.69 Å². The number of likely N-dealkylation sites (tertiary alicyclic amines) is 1. The Balaban J connectivity index is 1.76. The molecule has 2 aromatic rings. The van der Waals surface area contributed by atoms with Gasteiger partial charge < -0.3 is 0 Å². The molecule has 1 atom stereocenters. The third kappa shape index (κ3) is 4.27. The van der Waals surface area contributed by atoms with E-state index in [1.807, 2.05) is 6.08 Å². The zero-order valence-electron chi connectivity index (χ0n) is 15.0. The predicted molar refractivity (Wildman–Crippen MR) is 101 cm³/mol. The molecule has 3 rings (SSSR count). The van der Waals surface area contributed by atoms with Gasteiger partial charge >= 0.3 is 0 Å². The molecule has 0 aromatic carbocycles. The van der Waals surface area contributed by atoms with Crippen LogP contribution >= 0.6 is 11.8 Å².